The standard InChI is InChI=1S/C12H13BrN4O/c13-9-2-1-5-15-10(9)11-16-12(18-17-11)7-3-4-8(14)6-7/h1-2,5,7-8H,3-4,6,14H2. The van der Waals surface area contributed by atoms with Gasteiger partial charge < -0.3 is 10.3 Å². The van der Waals surface area contributed by atoms with Crippen molar-refractivity contribution in [3.63, 3.8) is 0 Å². The van der Waals surface area contributed by atoms with Crippen molar-refractivity contribution < 1.29 is 4.52 Å². The van der Waals surface area contributed by atoms with Crippen LogP contribution in [-0.4, -0.2) is 21.2 Å². The van der Waals surface area contributed by atoms with E-state index in [1.165, 1.54) is 0 Å². The Morgan fingerprint density at radius 3 is 3.00 bits per heavy atom. The van der Waals surface area contributed by atoms with Gasteiger partial charge in [-0.2, -0.15) is 4.98 Å². The highest BCUT2D eigenvalue weighted by atomic mass is 79.9. The van der Waals surface area contributed by atoms with Crippen molar-refractivity contribution in [1.82, 2.24) is 15.1 Å². The Morgan fingerprint density at radius 2 is 2.28 bits per heavy atom. The van der Waals surface area contributed by atoms with Crippen LogP contribution in [0.2, 0.25) is 0 Å². The molecule has 0 bridgehead atoms. The molecule has 6 heteroatoms. The highest BCUT2D eigenvalue weighted by Gasteiger charge is 2.28. The predicted molar refractivity (Wildman–Crippen MR) is 69.8 cm³/mol. The van der Waals surface area contributed by atoms with Crippen molar-refractivity contribution in [3.05, 3.63) is 28.7 Å². The summed E-state index contributed by atoms with van der Waals surface area (Å²) in [5.74, 6) is 1.50. The van der Waals surface area contributed by atoms with Gasteiger partial charge in [0.25, 0.3) is 0 Å². The summed E-state index contributed by atoms with van der Waals surface area (Å²) in [6, 6.07) is 4.01. The van der Waals surface area contributed by atoms with E-state index in [1.807, 2.05) is 12.1 Å². The third kappa shape index (κ3) is 2.18. The normalized spacial score (nSPS) is 23.4. The van der Waals surface area contributed by atoms with Crippen LogP contribution in [0.5, 0.6) is 0 Å². The van der Waals surface area contributed by atoms with Gasteiger partial charge in [0.15, 0.2) is 0 Å². The molecular formula is C12H13BrN4O. The van der Waals surface area contributed by atoms with E-state index in [2.05, 4.69) is 31.1 Å². The van der Waals surface area contributed by atoms with Crippen LogP contribution in [0.1, 0.15) is 31.1 Å². The van der Waals surface area contributed by atoms with E-state index in [-0.39, 0.29) is 6.04 Å². The smallest absolute Gasteiger partial charge is 0.230 e. The lowest BCUT2D eigenvalue weighted by molar-refractivity contribution is 0.353. The van der Waals surface area contributed by atoms with Gasteiger partial charge in [0.05, 0.1) is 0 Å². The van der Waals surface area contributed by atoms with Crippen LogP contribution in [0.15, 0.2) is 27.3 Å². The van der Waals surface area contributed by atoms with Crippen LogP contribution in [0.3, 0.4) is 0 Å². The monoisotopic (exact) mass is 308 g/mol. The minimum absolute atomic E-state index is 0.256. The fraction of sp³-hybridized carbons (Fsp3) is 0.417. The summed E-state index contributed by atoms with van der Waals surface area (Å²) in [5.41, 5.74) is 6.60. The Kier molecular flexibility index (Phi) is 3.13. The number of nitrogens with two attached hydrogens (primary N) is 1. The number of rotatable bonds is 2. The Labute approximate surface area is 113 Å². The number of aromatic nitrogens is 3. The van der Waals surface area contributed by atoms with Crippen LogP contribution in [0.25, 0.3) is 11.5 Å². The van der Waals surface area contributed by atoms with Gasteiger partial charge in [-0.3, -0.25) is 4.98 Å². The summed E-state index contributed by atoms with van der Waals surface area (Å²) in [5, 5.41) is 4.00. The maximum atomic E-state index is 5.89. The fourth-order valence-electron chi connectivity index (χ4n) is 2.29. The van der Waals surface area contributed by atoms with Gasteiger partial charge in [-0.25, -0.2) is 0 Å². The van der Waals surface area contributed by atoms with E-state index in [0.29, 0.717) is 23.3 Å². The molecule has 0 radical (unpaired) electrons. The lowest BCUT2D eigenvalue weighted by atomic mass is 10.1. The summed E-state index contributed by atoms with van der Waals surface area (Å²) in [4.78, 5) is 8.68. The Morgan fingerprint density at radius 1 is 1.39 bits per heavy atom. The van der Waals surface area contributed by atoms with Crippen LogP contribution in [-0.2, 0) is 0 Å². The van der Waals surface area contributed by atoms with Crippen LogP contribution >= 0.6 is 15.9 Å². The number of nitrogens with zero attached hydrogens (tertiary/aromatic N) is 3. The molecule has 1 fully saturated rings. The van der Waals surface area contributed by atoms with Gasteiger partial charge in [-0.1, -0.05) is 5.16 Å². The van der Waals surface area contributed by atoms with Gasteiger partial charge >= 0.3 is 0 Å². The maximum Gasteiger partial charge on any atom is 0.230 e. The SMILES string of the molecule is NC1CCC(c2nc(-c3ncccc3Br)no2)C1. The number of halogens is 1. The number of hydrogen-bond acceptors (Lipinski definition) is 5. The molecule has 18 heavy (non-hydrogen) atoms. The van der Waals surface area contributed by atoms with Crippen LogP contribution in [0, 0.1) is 0 Å². The molecule has 0 amide bonds. The van der Waals surface area contributed by atoms with E-state index in [4.69, 9.17) is 10.3 Å². The van der Waals surface area contributed by atoms with Gasteiger partial charge in [-0.05, 0) is 47.3 Å². The maximum absolute atomic E-state index is 5.89. The van der Waals surface area contributed by atoms with E-state index in [9.17, 15) is 0 Å². The Bertz CT molecular complexity index is 557. The summed E-state index contributed by atoms with van der Waals surface area (Å²) in [7, 11) is 0. The summed E-state index contributed by atoms with van der Waals surface area (Å²) in [6.45, 7) is 0. The van der Waals surface area contributed by atoms with Gasteiger partial charge in [0.1, 0.15) is 5.69 Å². The van der Waals surface area contributed by atoms with Crippen molar-refractivity contribution in [3.8, 4) is 11.5 Å². The van der Waals surface area contributed by atoms with E-state index < -0.39 is 0 Å². The Balaban J connectivity index is 1.88. The molecule has 1 saturated carbocycles. The molecule has 0 spiro atoms. The van der Waals surface area contributed by atoms with Crippen LogP contribution in [0.4, 0.5) is 0 Å². The zero-order valence-electron chi connectivity index (χ0n) is 9.71. The van der Waals surface area contributed by atoms with E-state index >= 15 is 0 Å². The second-order valence-corrected chi connectivity index (χ2v) is 5.41. The second-order valence-electron chi connectivity index (χ2n) is 4.56. The molecule has 94 valence electrons. The van der Waals surface area contributed by atoms with Crippen molar-refractivity contribution >= 4 is 15.9 Å². The minimum Gasteiger partial charge on any atom is -0.339 e. The molecule has 0 aliphatic heterocycles. The summed E-state index contributed by atoms with van der Waals surface area (Å²) < 4.78 is 6.19. The minimum atomic E-state index is 0.256. The third-order valence-electron chi connectivity index (χ3n) is 3.23. The molecule has 2 atom stereocenters. The summed E-state index contributed by atoms with van der Waals surface area (Å²) >= 11 is 3.43. The fourth-order valence-corrected chi connectivity index (χ4v) is 2.72. The number of hydrogen-bond donors (Lipinski definition) is 1. The van der Waals surface area contributed by atoms with Crippen molar-refractivity contribution in [2.45, 2.75) is 31.2 Å². The van der Waals surface area contributed by atoms with Gasteiger partial charge in [0, 0.05) is 22.6 Å². The largest absolute Gasteiger partial charge is 0.339 e. The molecule has 2 unspecified atom stereocenters. The zero-order chi connectivity index (χ0) is 12.5. The molecule has 2 heterocycles. The van der Waals surface area contributed by atoms with E-state index in [1.54, 1.807) is 6.20 Å². The molecule has 2 N–H and O–H groups in total. The van der Waals surface area contributed by atoms with Gasteiger partial charge in [0.2, 0.25) is 11.7 Å². The van der Waals surface area contributed by atoms with Crippen molar-refractivity contribution in [2.75, 3.05) is 0 Å². The lowest BCUT2D eigenvalue weighted by Gasteiger charge is -2.01. The average molecular weight is 309 g/mol. The average Bonchev–Trinajstić information content (AvgIpc) is 2.98. The molecule has 2 aromatic heterocycles. The lowest BCUT2D eigenvalue weighted by Crippen LogP contribution is -2.14. The van der Waals surface area contributed by atoms with Crippen molar-refractivity contribution in [1.29, 1.82) is 0 Å². The molecule has 0 saturated heterocycles. The topological polar surface area (TPSA) is 77.8 Å². The number of pyridine rings is 1. The second kappa shape index (κ2) is 4.78. The first-order valence-corrected chi connectivity index (χ1v) is 6.73. The molecule has 1 aliphatic carbocycles. The first-order chi connectivity index (χ1) is 8.74. The molecule has 0 aromatic carbocycles. The first-order valence-electron chi connectivity index (χ1n) is 5.94. The van der Waals surface area contributed by atoms with E-state index in [0.717, 1.165) is 23.7 Å². The molecule has 2 aromatic rings. The van der Waals surface area contributed by atoms with Gasteiger partial charge in [-0.15, -0.1) is 0 Å². The predicted octanol–water partition coefficient (Wildman–Crippen LogP) is 2.49. The summed E-state index contributed by atoms with van der Waals surface area (Å²) in [6.07, 6.45) is 4.68. The third-order valence-corrected chi connectivity index (χ3v) is 3.87. The molecule has 5 nitrogen and oxygen atoms in total. The quantitative estimate of drug-likeness (QED) is 0.922. The first kappa shape index (κ1) is 11.8. The highest BCUT2D eigenvalue weighted by molar-refractivity contribution is 9.10. The molecule has 1 aliphatic rings. The van der Waals surface area contributed by atoms with Crippen molar-refractivity contribution in [2.24, 2.45) is 5.73 Å². The zero-order valence-corrected chi connectivity index (χ0v) is 11.3. The molecule has 3 rings (SSSR count). The molecular weight excluding hydrogens is 296 g/mol. The highest BCUT2D eigenvalue weighted by Crippen LogP contribution is 2.33. The Hall–Kier alpha value is -1.27. The van der Waals surface area contributed by atoms with Crippen LogP contribution < -0.4 is 5.73 Å².